The Balaban J connectivity index is 1.65. The summed E-state index contributed by atoms with van der Waals surface area (Å²) in [6.45, 7) is 2.86. The van der Waals surface area contributed by atoms with Crippen LogP contribution in [0.5, 0.6) is 0 Å². The molecule has 0 saturated heterocycles. The van der Waals surface area contributed by atoms with Crippen molar-refractivity contribution < 1.29 is 14.3 Å². The Hall–Kier alpha value is -2.15. The molecule has 0 unspecified atom stereocenters. The first-order valence-corrected chi connectivity index (χ1v) is 8.02. The Labute approximate surface area is 132 Å². The van der Waals surface area contributed by atoms with E-state index in [1.54, 1.807) is 18.3 Å². The summed E-state index contributed by atoms with van der Waals surface area (Å²) in [6, 6.07) is 7.97. The fourth-order valence-electron chi connectivity index (χ4n) is 1.88. The maximum atomic E-state index is 11.6. The lowest BCUT2D eigenvalue weighted by molar-refractivity contribution is -0.120. The van der Waals surface area contributed by atoms with E-state index >= 15 is 0 Å². The van der Waals surface area contributed by atoms with E-state index in [2.05, 4.69) is 15.6 Å². The summed E-state index contributed by atoms with van der Waals surface area (Å²) in [4.78, 5) is 27.2. The van der Waals surface area contributed by atoms with Gasteiger partial charge in [0, 0.05) is 25.9 Å². The molecule has 1 heterocycles. The van der Waals surface area contributed by atoms with E-state index < -0.39 is 6.09 Å². The number of hydrogen-bond donors (Lipinski definition) is 2. The second-order valence-corrected chi connectivity index (χ2v) is 5.69. The van der Waals surface area contributed by atoms with Gasteiger partial charge < -0.3 is 15.4 Å². The molecule has 0 bridgehead atoms. The lowest BCUT2D eigenvalue weighted by Crippen LogP contribution is -2.31. The molecule has 0 saturated carbocycles. The Bertz CT molecular complexity index is 609. The van der Waals surface area contributed by atoms with E-state index in [4.69, 9.17) is 4.74 Å². The molecule has 0 aliphatic heterocycles. The van der Waals surface area contributed by atoms with Crippen molar-refractivity contribution in [1.29, 1.82) is 0 Å². The van der Waals surface area contributed by atoms with Crippen LogP contribution in [-0.4, -0.2) is 36.7 Å². The average molecular weight is 321 g/mol. The minimum Gasteiger partial charge on any atom is -0.450 e. The highest BCUT2D eigenvalue weighted by atomic mass is 32.1. The van der Waals surface area contributed by atoms with Crippen molar-refractivity contribution in [3.05, 3.63) is 29.3 Å². The topological polar surface area (TPSA) is 80.3 Å². The maximum absolute atomic E-state index is 11.6. The van der Waals surface area contributed by atoms with Crippen molar-refractivity contribution in [3.63, 3.8) is 0 Å². The molecule has 118 valence electrons. The summed E-state index contributed by atoms with van der Waals surface area (Å²) in [5.41, 5.74) is 0.993. The van der Waals surface area contributed by atoms with Crippen LogP contribution in [-0.2, 0) is 16.0 Å². The van der Waals surface area contributed by atoms with Gasteiger partial charge in [0.2, 0.25) is 5.91 Å². The fourth-order valence-corrected chi connectivity index (χ4v) is 2.85. The average Bonchev–Trinajstić information content (AvgIpc) is 2.90. The van der Waals surface area contributed by atoms with Crippen molar-refractivity contribution in [3.8, 4) is 0 Å². The van der Waals surface area contributed by atoms with E-state index in [1.807, 2.05) is 24.3 Å². The highest BCUT2D eigenvalue weighted by Crippen LogP contribution is 2.21. The standard InChI is InChI=1S/C15H19N3O3S/c1-2-21-15(20)17-9-7-13(19)16-10-8-14-18-11-5-3-4-6-12(11)22-14/h3-6H,2,7-10H2,1H3,(H,16,19)(H,17,20). The monoisotopic (exact) mass is 321 g/mol. The second-order valence-electron chi connectivity index (χ2n) is 4.57. The Morgan fingerprint density at radius 3 is 2.82 bits per heavy atom. The number of thiazole rings is 1. The van der Waals surface area contributed by atoms with Crippen molar-refractivity contribution in [2.24, 2.45) is 0 Å². The molecule has 2 aromatic rings. The van der Waals surface area contributed by atoms with Gasteiger partial charge in [0.25, 0.3) is 0 Å². The van der Waals surface area contributed by atoms with Crippen LogP contribution in [0.4, 0.5) is 4.79 Å². The van der Waals surface area contributed by atoms with E-state index in [0.717, 1.165) is 15.2 Å². The van der Waals surface area contributed by atoms with Crippen LogP contribution in [0.15, 0.2) is 24.3 Å². The van der Waals surface area contributed by atoms with Gasteiger partial charge >= 0.3 is 6.09 Å². The number of para-hydroxylation sites is 1. The molecule has 6 nitrogen and oxygen atoms in total. The zero-order valence-electron chi connectivity index (χ0n) is 12.4. The number of benzene rings is 1. The molecule has 2 amide bonds. The highest BCUT2D eigenvalue weighted by Gasteiger charge is 2.06. The fraction of sp³-hybridized carbons (Fsp3) is 0.400. The van der Waals surface area contributed by atoms with E-state index in [-0.39, 0.29) is 18.9 Å². The van der Waals surface area contributed by atoms with Gasteiger partial charge in [0.05, 0.1) is 21.8 Å². The minimum atomic E-state index is -0.496. The molecule has 2 N–H and O–H groups in total. The number of rotatable bonds is 7. The predicted octanol–water partition coefficient (Wildman–Crippen LogP) is 2.09. The summed E-state index contributed by atoms with van der Waals surface area (Å²) in [6.07, 6.45) is 0.444. The molecule has 1 aromatic heterocycles. The first kappa shape index (κ1) is 16.2. The number of carbonyl (C=O) groups is 2. The van der Waals surface area contributed by atoms with Gasteiger partial charge in [-0.2, -0.15) is 0 Å². The summed E-state index contributed by atoms with van der Waals surface area (Å²) < 4.78 is 5.86. The molecule has 1 aromatic carbocycles. The largest absolute Gasteiger partial charge is 0.450 e. The lowest BCUT2D eigenvalue weighted by Gasteiger charge is -2.05. The molecular formula is C15H19N3O3S. The van der Waals surface area contributed by atoms with Crippen molar-refractivity contribution in [2.75, 3.05) is 19.7 Å². The van der Waals surface area contributed by atoms with Crippen LogP contribution in [0.2, 0.25) is 0 Å². The minimum absolute atomic E-state index is 0.0992. The zero-order chi connectivity index (χ0) is 15.8. The molecule has 7 heteroatoms. The molecule has 0 fully saturated rings. The number of nitrogens with one attached hydrogen (secondary N) is 2. The van der Waals surface area contributed by atoms with Gasteiger partial charge in [-0.15, -0.1) is 11.3 Å². The quantitative estimate of drug-likeness (QED) is 0.818. The van der Waals surface area contributed by atoms with Gasteiger partial charge in [-0.3, -0.25) is 4.79 Å². The number of fused-ring (bicyclic) bond motifs is 1. The van der Waals surface area contributed by atoms with Gasteiger partial charge in [-0.1, -0.05) is 12.1 Å². The Morgan fingerprint density at radius 2 is 2.05 bits per heavy atom. The molecule has 0 spiro atoms. The number of carbonyl (C=O) groups excluding carboxylic acids is 2. The second kappa shape index (κ2) is 8.33. The van der Waals surface area contributed by atoms with Crippen molar-refractivity contribution >= 4 is 33.6 Å². The number of amides is 2. The third kappa shape index (κ3) is 5.00. The summed E-state index contributed by atoms with van der Waals surface area (Å²) in [5.74, 6) is -0.0992. The third-order valence-electron chi connectivity index (χ3n) is 2.90. The Morgan fingerprint density at radius 1 is 1.23 bits per heavy atom. The zero-order valence-corrected chi connectivity index (χ0v) is 13.2. The van der Waals surface area contributed by atoms with Gasteiger partial charge in [-0.25, -0.2) is 9.78 Å². The smallest absolute Gasteiger partial charge is 0.407 e. The molecule has 0 aliphatic rings. The van der Waals surface area contributed by atoms with Crippen LogP contribution in [0.3, 0.4) is 0 Å². The molecule has 22 heavy (non-hydrogen) atoms. The number of hydrogen-bond acceptors (Lipinski definition) is 5. The van der Waals surface area contributed by atoms with Crippen LogP contribution >= 0.6 is 11.3 Å². The lowest BCUT2D eigenvalue weighted by atomic mass is 10.3. The number of nitrogens with zero attached hydrogens (tertiary/aromatic N) is 1. The van der Waals surface area contributed by atoms with Crippen molar-refractivity contribution in [1.82, 2.24) is 15.6 Å². The number of aromatic nitrogens is 1. The normalized spacial score (nSPS) is 10.4. The van der Waals surface area contributed by atoms with E-state index in [0.29, 0.717) is 19.6 Å². The third-order valence-corrected chi connectivity index (χ3v) is 3.99. The molecule has 0 atom stereocenters. The molecular weight excluding hydrogens is 302 g/mol. The Kier molecular flexibility index (Phi) is 6.14. The number of alkyl carbamates (subject to hydrolysis) is 1. The first-order chi connectivity index (χ1) is 10.7. The summed E-state index contributed by atoms with van der Waals surface area (Å²) in [7, 11) is 0. The van der Waals surface area contributed by atoms with Crippen molar-refractivity contribution in [2.45, 2.75) is 19.8 Å². The van der Waals surface area contributed by atoms with Crippen LogP contribution in [0.1, 0.15) is 18.4 Å². The highest BCUT2D eigenvalue weighted by molar-refractivity contribution is 7.18. The molecule has 0 radical (unpaired) electrons. The number of ether oxygens (including phenoxy) is 1. The molecule has 2 rings (SSSR count). The first-order valence-electron chi connectivity index (χ1n) is 7.21. The van der Waals surface area contributed by atoms with Crippen LogP contribution < -0.4 is 10.6 Å². The summed E-state index contributed by atoms with van der Waals surface area (Å²) in [5, 5.41) is 6.33. The van der Waals surface area contributed by atoms with Gasteiger partial charge in [-0.05, 0) is 19.1 Å². The van der Waals surface area contributed by atoms with Gasteiger partial charge in [0.15, 0.2) is 0 Å². The van der Waals surface area contributed by atoms with Crippen LogP contribution in [0, 0.1) is 0 Å². The van der Waals surface area contributed by atoms with E-state index in [9.17, 15) is 9.59 Å². The molecule has 0 aliphatic carbocycles. The SMILES string of the molecule is CCOC(=O)NCCC(=O)NCCc1nc2ccccc2s1. The van der Waals surface area contributed by atoms with E-state index in [1.165, 1.54) is 0 Å². The van der Waals surface area contributed by atoms with Gasteiger partial charge in [0.1, 0.15) is 0 Å². The summed E-state index contributed by atoms with van der Waals surface area (Å²) >= 11 is 1.64. The predicted molar refractivity (Wildman–Crippen MR) is 86.0 cm³/mol. The maximum Gasteiger partial charge on any atom is 0.407 e. The van der Waals surface area contributed by atoms with Crippen LogP contribution in [0.25, 0.3) is 10.2 Å².